The van der Waals surface area contributed by atoms with Gasteiger partial charge in [0.05, 0.1) is 0 Å². The Morgan fingerprint density at radius 1 is 1.33 bits per heavy atom. The Balaban J connectivity index is 2.06. The molecule has 12 heavy (non-hydrogen) atoms. The van der Waals surface area contributed by atoms with Crippen molar-refractivity contribution >= 4 is 11.3 Å². The van der Waals surface area contributed by atoms with Gasteiger partial charge in [0.25, 0.3) is 0 Å². The summed E-state index contributed by atoms with van der Waals surface area (Å²) >= 11 is 2.04. The van der Waals surface area contributed by atoms with Crippen molar-refractivity contribution in [2.75, 3.05) is 0 Å². The first-order chi connectivity index (χ1) is 5.75. The maximum Gasteiger partial charge on any atom is -0.00704 e. The van der Waals surface area contributed by atoms with Crippen LogP contribution in [0.4, 0.5) is 0 Å². The van der Waals surface area contributed by atoms with Gasteiger partial charge in [-0.1, -0.05) is 0 Å². The number of hydrogen-bond acceptors (Lipinski definition) is 1. The molecule has 0 aliphatic heterocycles. The van der Waals surface area contributed by atoms with E-state index in [1.54, 1.807) is 10.4 Å². The van der Waals surface area contributed by atoms with Gasteiger partial charge in [-0.05, 0) is 29.6 Å². The summed E-state index contributed by atoms with van der Waals surface area (Å²) < 4.78 is 0. The Kier molecular flexibility index (Phi) is 1.22. The third-order valence-corrected chi connectivity index (χ3v) is 4.77. The van der Waals surface area contributed by atoms with Gasteiger partial charge >= 0.3 is 0 Å². The fourth-order valence-corrected chi connectivity index (χ4v) is 3.72. The lowest BCUT2D eigenvalue weighted by Gasteiger charge is -2.25. The third-order valence-electron chi connectivity index (χ3n) is 3.23. The van der Waals surface area contributed by atoms with E-state index in [0.29, 0.717) is 0 Å². The van der Waals surface area contributed by atoms with Crippen LogP contribution in [0.15, 0.2) is 6.07 Å². The predicted molar refractivity (Wildman–Crippen MR) is 52.7 cm³/mol. The van der Waals surface area contributed by atoms with Gasteiger partial charge in [-0.25, -0.2) is 5.92 Å². The van der Waals surface area contributed by atoms with Gasteiger partial charge in [-0.3, -0.25) is 0 Å². The molecule has 0 atom stereocenters. The summed E-state index contributed by atoms with van der Waals surface area (Å²) in [6, 6.07) is 2.44. The Bertz CT molecular complexity index is 290. The maximum atomic E-state index is 2.44. The van der Waals surface area contributed by atoms with Crippen LogP contribution >= 0.6 is 11.3 Å². The van der Waals surface area contributed by atoms with Crippen LogP contribution in [-0.2, 0) is 0 Å². The molecule has 4 rings (SSSR count). The Morgan fingerprint density at radius 3 is 2.67 bits per heavy atom. The summed E-state index contributed by atoms with van der Waals surface area (Å²) in [5.74, 6) is 3.39. The molecular weight excluding hydrogens is 164 g/mol. The van der Waals surface area contributed by atoms with Crippen LogP contribution in [0.3, 0.4) is 0 Å². The highest BCUT2D eigenvalue weighted by atomic mass is 32.1. The Morgan fingerprint density at radius 2 is 2.08 bits per heavy atom. The molecule has 0 nitrogen and oxygen atoms in total. The zero-order valence-corrected chi connectivity index (χ0v) is 8.37. The smallest absolute Gasteiger partial charge is 0.00704 e. The van der Waals surface area contributed by atoms with Crippen molar-refractivity contribution in [1.29, 1.82) is 0 Å². The molecule has 3 aliphatic rings. The predicted octanol–water partition coefficient (Wildman–Crippen LogP) is 3.69. The molecule has 1 heteroatoms. The third kappa shape index (κ3) is 0.705. The van der Waals surface area contributed by atoms with Gasteiger partial charge in [0, 0.05) is 0 Å². The van der Waals surface area contributed by atoms with E-state index in [0.717, 1.165) is 11.8 Å². The van der Waals surface area contributed by atoms with Crippen molar-refractivity contribution < 1.29 is 0 Å². The first-order valence-corrected chi connectivity index (χ1v) is 5.51. The van der Waals surface area contributed by atoms with E-state index in [1.807, 2.05) is 11.3 Å². The van der Waals surface area contributed by atoms with Crippen LogP contribution < -0.4 is 0 Å². The molecule has 64 valence electrons. The van der Waals surface area contributed by atoms with E-state index < -0.39 is 0 Å². The number of thiophene rings is 1. The first-order valence-electron chi connectivity index (χ1n) is 4.70. The van der Waals surface area contributed by atoms with Gasteiger partial charge in [0.15, 0.2) is 0 Å². The van der Waals surface area contributed by atoms with E-state index in [4.69, 9.17) is 0 Å². The zero-order valence-electron chi connectivity index (χ0n) is 7.55. The molecule has 1 aromatic rings. The van der Waals surface area contributed by atoms with Crippen LogP contribution in [0.25, 0.3) is 0 Å². The van der Waals surface area contributed by atoms with Crippen molar-refractivity contribution in [2.24, 2.45) is 0 Å². The number of rotatable bonds is 1. The van der Waals surface area contributed by atoms with Gasteiger partial charge in [-0.15, -0.1) is 24.3 Å². The summed E-state index contributed by atoms with van der Waals surface area (Å²) in [5.41, 5.74) is 1.70. The SMILES string of the molecule is C[C-](C)c1cc2c(s1)C1CC2C1. The van der Waals surface area contributed by atoms with Crippen molar-refractivity contribution in [3.05, 3.63) is 27.3 Å². The van der Waals surface area contributed by atoms with E-state index in [2.05, 4.69) is 19.9 Å². The minimum atomic E-state index is 0.953. The van der Waals surface area contributed by atoms with Crippen LogP contribution in [0.2, 0.25) is 0 Å². The molecule has 0 aromatic carbocycles. The van der Waals surface area contributed by atoms with Crippen molar-refractivity contribution in [2.45, 2.75) is 38.5 Å². The van der Waals surface area contributed by atoms with Crippen LogP contribution in [-0.4, -0.2) is 0 Å². The zero-order chi connectivity index (χ0) is 8.29. The largest absolute Gasteiger partial charge is 0.205 e. The molecule has 2 bridgehead atoms. The average Bonchev–Trinajstić information content (AvgIpc) is 2.39. The fraction of sp³-hybridized carbons (Fsp3) is 0.545. The molecule has 0 N–H and O–H groups in total. The molecule has 1 fully saturated rings. The summed E-state index contributed by atoms with van der Waals surface area (Å²) in [6.07, 6.45) is 2.93. The highest BCUT2D eigenvalue weighted by Gasteiger charge is 2.40. The lowest BCUT2D eigenvalue weighted by atomic mass is 9.82. The average molecular weight is 177 g/mol. The first kappa shape index (κ1) is 7.02. The normalized spacial score (nSPS) is 29.8. The molecule has 0 spiro atoms. The second-order valence-corrected chi connectivity index (χ2v) is 5.38. The fourth-order valence-electron chi connectivity index (χ4n) is 2.39. The monoisotopic (exact) mass is 177 g/mol. The molecule has 1 aromatic heterocycles. The van der Waals surface area contributed by atoms with E-state index in [1.165, 1.54) is 23.6 Å². The summed E-state index contributed by atoms with van der Waals surface area (Å²) in [5, 5.41) is 0. The highest BCUT2D eigenvalue weighted by Crippen LogP contribution is 2.60. The van der Waals surface area contributed by atoms with Crippen molar-refractivity contribution in [3.63, 3.8) is 0 Å². The second kappa shape index (κ2) is 2.08. The topological polar surface area (TPSA) is 0 Å². The van der Waals surface area contributed by atoms with Crippen LogP contribution in [0.5, 0.6) is 0 Å². The standard InChI is InChI=1S/C11H13S/c1-6(2)10-5-9-7-3-8(4-7)11(9)12-10/h5,7-8H,3-4H2,1-2H3/q-1. The van der Waals surface area contributed by atoms with Crippen molar-refractivity contribution in [3.8, 4) is 0 Å². The molecule has 0 radical (unpaired) electrons. The van der Waals surface area contributed by atoms with E-state index in [9.17, 15) is 0 Å². The second-order valence-electron chi connectivity index (χ2n) is 4.30. The van der Waals surface area contributed by atoms with E-state index >= 15 is 0 Å². The summed E-state index contributed by atoms with van der Waals surface area (Å²) in [6.45, 7) is 4.43. The quantitative estimate of drug-likeness (QED) is 0.574. The lowest BCUT2D eigenvalue weighted by molar-refractivity contribution is 0.407. The van der Waals surface area contributed by atoms with Gasteiger partial charge in [0.1, 0.15) is 0 Å². The van der Waals surface area contributed by atoms with Gasteiger partial charge in [0.2, 0.25) is 0 Å². The van der Waals surface area contributed by atoms with E-state index in [-0.39, 0.29) is 0 Å². The Hall–Kier alpha value is -0.430. The molecule has 0 unspecified atom stereocenters. The minimum absolute atomic E-state index is 0.953. The highest BCUT2D eigenvalue weighted by molar-refractivity contribution is 7.12. The van der Waals surface area contributed by atoms with Gasteiger partial charge in [-0.2, -0.15) is 17.4 Å². The van der Waals surface area contributed by atoms with Crippen LogP contribution in [0.1, 0.15) is 53.8 Å². The molecule has 0 amide bonds. The number of hydrogen-bond donors (Lipinski definition) is 0. The Labute approximate surface area is 77.6 Å². The summed E-state index contributed by atoms with van der Waals surface area (Å²) in [4.78, 5) is 3.24. The summed E-state index contributed by atoms with van der Waals surface area (Å²) in [7, 11) is 0. The molecular formula is C11H13S-. The molecule has 1 heterocycles. The minimum Gasteiger partial charge on any atom is -0.205 e. The van der Waals surface area contributed by atoms with Gasteiger partial charge < -0.3 is 0 Å². The molecule has 3 aliphatic carbocycles. The van der Waals surface area contributed by atoms with Crippen LogP contribution in [0, 0.1) is 5.92 Å². The lowest BCUT2D eigenvalue weighted by Crippen LogP contribution is -2.07. The molecule has 1 saturated carbocycles. The molecule has 0 saturated heterocycles. The van der Waals surface area contributed by atoms with Crippen molar-refractivity contribution in [1.82, 2.24) is 0 Å². The maximum absolute atomic E-state index is 2.44.